The second-order valence-electron chi connectivity index (χ2n) is 5.46. The quantitative estimate of drug-likeness (QED) is 0.942. The molecule has 4 nitrogen and oxygen atoms in total. The Labute approximate surface area is 130 Å². The number of hydrogen-bond donors (Lipinski definition) is 1. The van der Waals surface area contributed by atoms with Crippen molar-refractivity contribution in [1.82, 2.24) is 15.1 Å². The summed E-state index contributed by atoms with van der Waals surface area (Å²) in [6.07, 6.45) is 5.47. The van der Waals surface area contributed by atoms with E-state index in [4.69, 9.17) is 16.3 Å². The molecule has 1 aliphatic rings. The zero-order valence-electron chi connectivity index (χ0n) is 12.4. The first-order valence-electron chi connectivity index (χ1n) is 7.25. The third-order valence-electron chi connectivity index (χ3n) is 4.14. The zero-order valence-corrected chi connectivity index (χ0v) is 13.2. The summed E-state index contributed by atoms with van der Waals surface area (Å²) in [6.45, 7) is 0.794. The Morgan fingerprint density at radius 3 is 3.10 bits per heavy atom. The number of hydrogen-bond acceptors (Lipinski definition) is 3. The van der Waals surface area contributed by atoms with Crippen LogP contribution in [0.15, 0.2) is 24.4 Å². The number of fused-ring (bicyclic) bond motifs is 1. The van der Waals surface area contributed by atoms with E-state index in [-0.39, 0.29) is 0 Å². The molecule has 5 heteroatoms. The topological polar surface area (TPSA) is 39.1 Å². The van der Waals surface area contributed by atoms with E-state index in [1.54, 1.807) is 7.11 Å². The van der Waals surface area contributed by atoms with Gasteiger partial charge in [-0.1, -0.05) is 17.7 Å². The minimum atomic E-state index is 0.378. The van der Waals surface area contributed by atoms with Crippen LogP contribution in [0.3, 0.4) is 0 Å². The summed E-state index contributed by atoms with van der Waals surface area (Å²) in [5.41, 5.74) is 3.85. The van der Waals surface area contributed by atoms with Gasteiger partial charge in [0.2, 0.25) is 0 Å². The van der Waals surface area contributed by atoms with Gasteiger partial charge in [-0.25, -0.2) is 0 Å². The Morgan fingerprint density at radius 1 is 1.48 bits per heavy atom. The highest BCUT2D eigenvalue weighted by Gasteiger charge is 2.22. The van der Waals surface area contributed by atoms with E-state index in [1.165, 1.54) is 17.7 Å². The van der Waals surface area contributed by atoms with Gasteiger partial charge in [0.15, 0.2) is 0 Å². The third-order valence-corrected chi connectivity index (χ3v) is 4.44. The molecule has 0 amide bonds. The minimum Gasteiger partial charge on any atom is -0.495 e. The first-order chi connectivity index (χ1) is 10.2. The van der Waals surface area contributed by atoms with Crippen molar-refractivity contribution in [3.8, 4) is 5.75 Å². The summed E-state index contributed by atoms with van der Waals surface area (Å²) in [5.74, 6) is 0.715. The molecule has 0 spiro atoms. The van der Waals surface area contributed by atoms with E-state index < -0.39 is 0 Å². The number of aromatic nitrogens is 2. The maximum absolute atomic E-state index is 6.17. The van der Waals surface area contributed by atoms with Gasteiger partial charge in [-0.15, -0.1) is 0 Å². The fraction of sp³-hybridized carbons (Fsp3) is 0.438. The van der Waals surface area contributed by atoms with Gasteiger partial charge in [-0.2, -0.15) is 5.10 Å². The van der Waals surface area contributed by atoms with E-state index in [1.807, 2.05) is 36.1 Å². The molecule has 0 saturated heterocycles. The normalized spacial score (nSPS) is 17.6. The smallest absolute Gasteiger partial charge is 0.137 e. The lowest BCUT2D eigenvalue weighted by atomic mass is 9.93. The maximum Gasteiger partial charge on any atom is 0.137 e. The molecule has 1 atom stereocenters. The van der Waals surface area contributed by atoms with E-state index in [0.29, 0.717) is 16.8 Å². The number of methoxy groups -OCH3 is 1. The van der Waals surface area contributed by atoms with Gasteiger partial charge >= 0.3 is 0 Å². The van der Waals surface area contributed by atoms with Crippen molar-refractivity contribution in [2.24, 2.45) is 7.05 Å². The number of aryl methyl sites for hydroxylation is 1. The Hall–Kier alpha value is -1.52. The Bertz CT molecular complexity index is 638. The van der Waals surface area contributed by atoms with Crippen LogP contribution in [0.4, 0.5) is 0 Å². The Kier molecular flexibility index (Phi) is 4.17. The van der Waals surface area contributed by atoms with Crippen molar-refractivity contribution in [1.29, 1.82) is 0 Å². The van der Waals surface area contributed by atoms with Crippen molar-refractivity contribution in [3.05, 3.63) is 46.2 Å². The van der Waals surface area contributed by atoms with Crippen molar-refractivity contribution >= 4 is 11.6 Å². The number of rotatable bonds is 4. The van der Waals surface area contributed by atoms with Gasteiger partial charge < -0.3 is 10.1 Å². The molecule has 0 aliphatic heterocycles. The molecule has 1 aromatic carbocycles. The van der Waals surface area contributed by atoms with Gasteiger partial charge in [0.25, 0.3) is 0 Å². The molecular formula is C16H20ClN3O. The van der Waals surface area contributed by atoms with Crippen LogP contribution in [0.25, 0.3) is 0 Å². The lowest BCUT2D eigenvalue weighted by molar-refractivity contribution is 0.414. The molecule has 0 radical (unpaired) electrons. The summed E-state index contributed by atoms with van der Waals surface area (Å²) in [7, 11) is 3.65. The van der Waals surface area contributed by atoms with E-state index >= 15 is 0 Å². The van der Waals surface area contributed by atoms with Crippen LogP contribution in [0, 0.1) is 0 Å². The molecule has 3 rings (SSSR count). The summed E-state index contributed by atoms with van der Waals surface area (Å²) >= 11 is 6.17. The van der Waals surface area contributed by atoms with Crippen LogP contribution in [-0.4, -0.2) is 16.9 Å². The molecule has 1 aromatic heterocycles. The summed E-state index contributed by atoms with van der Waals surface area (Å²) < 4.78 is 7.17. The summed E-state index contributed by atoms with van der Waals surface area (Å²) in [6, 6.07) is 6.30. The van der Waals surface area contributed by atoms with Gasteiger partial charge in [-0.3, -0.25) is 4.68 Å². The van der Waals surface area contributed by atoms with E-state index in [0.717, 1.165) is 24.9 Å². The molecule has 21 heavy (non-hydrogen) atoms. The average Bonchev–Trinajstić information content (AvgIpc) is 2.87. The van der Waals surface area contributed by atoms with E-state index in [2.05, 4.69) is 10.4 Å². The van der Waals surface area contributed by atoms with Crippen LogP contribution in [0.2, 0.25) is 5.02 Å². The minimum absolute atomic E-state index is 0.378. The average molecular weight is 306 g/mol. The molecular weight excluding hydrogens is 286 g/mol. The van der Waals surface area contributed by atoms with Gasteiger partial charge in [0.05, 0.1) is 18.3 Å². The molecule has 0 saturated carbocycles. The number of nitrogens with one attached hydrogen (secondary N) is 1. The van der Waals surface area contributed by atoms with Crippen molar-refractivity contribution in [2.45, 2.75) is 31.8 Å². The fourth-order valence-corrected chi connectivity index (χ4v) is 3.26. The summed E-state index contributed by atoms with van der Waals surface area (Å²) in [5, 5.41) is 8.65. The van der Waals surface area contributed by atoms with Crippen LogP contribution >= 0.6 is 11.6 Å². The highest BCUT2D eigenvalue weighted by Crippen LogP contribution is 2.30. The monoisotopic (exact) mass is 305 g/mol. The number of nitrogens with zero attached hydrogens (tertiary/aromatic N) is 2. The maximum atomic E-state index is 6.17. The third kappa shape index (κ3) is 2.92. The van der Waals surface area contributed by atoms with Crippen LogP contribution < -0.4 is 10.1 Å². The van der Waals surface area contributed by atoms with Crippen LogP contribution in [-0.2, 0) is 20.0 Å². The second-order valence-corrected chi connectivity index (χ2v) is 5.87. The molecule has 1 heterocycles. The lowest BCUT2D eigenvalue weighted by Gasteiger charge is -2.24. The standard InChI is InChI=1S/C16H20ClN3O/c1-20-15-5-3-4-14(12(15)10-19-20)18-9-11-6-7-16(21-2)13(17)8-11/h6-8,10,14,18H,3-5,9H2,1-2H3. The van der Waals surface area contributed by atoms with Crippen molar-refractivity contribution in [3.63, 3.8) is 0 Å². The fourth-order valence-electron chi connectivity index (χ4n) is 2.98. The predicted molar refractivity (Wildman–Crippen MR) is 83.7 cm³/mol. The largest absolute Gasteiger partial charge is 0.495 e. The molecule has 0 fully saturated rings. The second kappa shape index (κ2) is 6.08. The molecule has 112 valence electrons. The molecule has 1 N–H and O–H groups in total. The number of halogens is 1. The van der Waals surface area contributed by atoms with E-state index in [9.17, 15) is 0 Å². The Morgan fingerprint density at radius 2 is 2.33 bits per heavy atom. The zero-order chi connectivity index (χ0) is 14.8. The highest BCUT2D eigenvalue weighted by molar-refractivity contribution is 6.32. The molecule has 2 aromatic rings. The highest BCUT2D eigenvalue weighted by atomic mass is 35.5. The van der Waals surface area contributed by atoms with Gasteiger partial charge in [0.1, 0.15) is 5.75 Å². The van der Waals surface area contributed by atoms with Crippen molar-refractivity contribution < 1.29 is 4.74 Å². The molecule has 1 aliphatic carbocycles. The number of benzene rings is 1. The first-order valence-corrected chi connectivity index (χ1v) is 7.63. The van der Waals surface area contributed by atoms with Gasteiger partial charge in [-0.05, 0) is 37.0 Å². The van der Waals surface area contributed by atoms with Gasteiger partial charge in [0, 0.05) is 30.9 Å². The summed E-state index contributed by atoms with van der Waals surface area (Å²) in [4.78, 5) is 0. The van der Waals surface area contributed by atoms with Crippen LogP contribution in [0.5, 0.6) is 5.75 Å². The Balaban J connectivity index is 1.70. The lowest BCUT2D eigenvalue weighted by Crippen LogP contribution is -2.24. The molecule has 0 bridgehead atoms. The number of ether oxygens (including phenoxy) is 1. The molecule has 1 unspecified atom stereocenters. The van der Waals surface area contributed by atoms with Crippen molar-refractivity contribution in [2.75, 3.05) is 7.11 Å². The SMILES string of the molecule is COc1ccc(CNC2CCCc3c2cnn3C)cc1Cl. The first kappa shape index (κ1) is 14.4. The van der Waals surface area contributed by atoms with Crippen LogP contribution in [0.1, 0.15) is 35.7 Å². The predicted octanol–water partition coefficient (Wildman–Crippen LogP) is 3.25.